The average molecular weight is 327 g/mol. The van der Waals surface area contributed by atoms with E-state index in [1.54, 1.807) is 20.8 Å². The summed E-state index contributed by atoms with van der Waals surface area (Å²) < 4.78 is 5.27. The molecule has 0 aromatic heterocycles. The molecule has 0 heterocycles. The van der Waals surface area contributed by atoms with E-state index in [9.17, 15) is 9.59 Å². The number of amides is 1. The van der Waals surface area contributed by atoms with Crippen molar-refractivity contribution in [1.82, 2.24) is 5.32 Å². The second kappa shape index (κ2) is 7.54. The molecule has 1 saturated carbocycles. The van der Waals surface area contributed by atoms with E-state index in [1.807, 2.05) is 0 Å². The highest BCUT2D eigenvalue weighted by atomic mass is 16.6. The van der Waals surface area contributed by atoms with Crippen LogP contribution in [-0.2, 0) is 9.53 Å². The molecule has 134 valence electrons. The number of alkyl carbamates (subject to hydrolysis) is 1. The number of hydrogen-bond acceptors (Lipinski definition) is 3. The van der Waals surface area contributed by atoms with Crippen LogP contribution in [-0.4, -0.2) is 28.8 Å². The molecule has 0 aliphatic heterocycles. The number of carbonyl (C=O) groups is 2. The number of carbonyl (C=O) groups excluding carboxylic acids is 1. The van der Waals surface area contributed by atoms with Crippen molar-refractivity contribution in [2.75, 3.05) is 0 Å². The summed E-state index contributed by atoms with van der Waals surface area (Å²) in [6, 6.07) is -0.358. The summed E-state index contributed by atoms with van der Waals surface area (Å²) in [7, 11) is 0. The Hall–Kier alpha value is -1.26. The Morgan fingerprint density at radius 2 is 1.61 bits per heavy atom. The predicted octanol–water partition coefficient (Wildman–Crippen LogP) is 4.21. The third-order valence-corrected chi connectivity index (χ3v) is 4.66. The predicted molar refractivity (Wildman–Crippen MR) is 90.3 cm³/mol. The van der Waals surface area contributed by atoms with Crippen molar-refractivity contribution in [2.45, 2.75) is 85.3 Å². The molecule has 2 N–H and O–H groups in total. The Labute approximate surface area is 140 Å². The molecule has 0 radical (unpaired) electrons. The molecule has 0 aromatic rings. The lowest BCUT2D eigenvalue weighted by molar-refractivity contribution is -0.138. The quantitative estimate of drug-likeness (QED) is 0.811. The number of ether oxygens (including phenoxy) is 1. The molecule has 23 heavy (non-hydrogen) atoms. The van der Waals surface area contributed by atoms with Crippen LogP contribution in [0.25, 0.3) is 0 Å². The van der Waals surface area contributed by atoms with Crippen LogP contribution in [0.15, 0.2) is 0 Å². The lowest BCUT2D eigenvalue weighted by Crippen LogP contribution is -2.45. The topological polar surface area (TPSA) is 75.6 Å². The van der Waals surface area contributed by atoms with Gasteiger partial charge in [0.15, 0.2) is 0 Å². The summed E-state index contributed by atoms with van der Waals surface area (Å²) in [6.45, 7) is 12.2. The minimum atomic E-state index is -0.885. The molecular weight excluding hydrogens is 294 g/mol. The Morgan fingerprint density at radius 3 is 2.00 bits per heavy atom. The van der Waals surface area contributed by atoms with Gasteiger partial charge in [0.2, 0.25) is 0 Å². The smallest absolute Gasteiger partial charge is 0.407 e. The van der Waals surface area contributed by atoms with Gasteiger partial charge in [-0.3, -0.25) is 4.79 Å². The zero-order chi connectivity index (χ0) is 17.8. The third kappa shape index (κ3) is 7.23. The van der Waals surface area contributed by atoms with Crippen LogP contribution >= 0.6 is 0 Å². The van der Waals surface area contributed by atoms with Crippen molar-refractivity contribution >= 4 is 12.1 Å². The standard InChI is InChI=1S/C18H33NO4/c1-17(2,3)13-9-7-12(8-10-13)14(11-15(20)21)19-16(22)23-18(4,5)6/h12-14H,7-11H2,1-6H3,(H,19,22)(H,20,21)/t12?,13?,14-/m1/s1. The lowest BCUT2D eigenvalue weighted by atomic mass is 9.68. The van der Waals surface area contributed by atoms with E-state index >= 15 is 0 Å². The molecule has 1 aliphatic carbocycles. The Kier molecular flexibility index (Phi) is 6.49. The van der Waals surface area contributed by atoms with Gasteiger partial charge in [-0.15, -0.1) is 0 Å². The van der Waals surface area contributed by atoms with E-state index < -0.39 is 17.7 Å². The van der Waals surface area contributed by atoms with E-state index in [4.69, 9.17) is 9.84 Å². The first-order valence-electron chi connectivity index (χ1n) is 8.60. The number of carboxylic acid groups (broad SMARTS) is 1. The van der Waals surface area contributed by atoms with Gasteiger partial charge >= 0.3 is 12.1 Å². The van der Waals surface area contributed by atoms with Gasteiger partial charge in [0.25, 0.3) is 0 Å². The third-order valence-electron chi connectivity index (χ3n) is 4.66. The van der Waals surface area contributed by atoms with Crippen LogP contribution in [0.1, 0.15) is 73.6 Å². The summed E-state index contributed by atoms with van der Waals surface area (Å²) >= 11 is 0. The molecule has 0 spiro atoms. The molecule has 1 aliphatic rings. The van der Waals surface area contributed by atoms with Crippen molar-refractivity contribution in [3.63, 3.8) is 0 Å². The van der Waals surface area contributed by atoms with Gasteiger partial charge in [0, 0.05) is 6.04 Å². The number of nitrogens with one attached hydrogen (secondary N) is 1. The number of carboxylic acids is 1. The van der Waals surface area contributed by atoms with Crippen LogP contribution < -0.4 is 5.32 Å². The van der Waals surface area contributed by atoms with Gasteiger partial charge in [0.1, 0.15) is 5.60 Å². The Morgan fingerprint density at radius 1 is 1.09 bits per heavy atom. The maximum absolute atomic E-state index is 12.0. The normalized spacial score (nSPS) is 23.9. The fourth-order valence-electron chi connectivity index (χ4n) is 3.37. The van der Waals surface area contributed by atoms with Crippen molar-refractivity contribution in [1.29, 1.82) is 0 Å². The van der Waals surface area contributed by atoms with E-state index in [2.05, 4.69) is 26.1 Å². The van der Waals surface area contributed by atoms with Crippen molar-refractivity contribution in [3.05, 3.63) is 0 Å². The molecule has 0 bridgehead atoms. The fourth-order valence-corrected chi connectivity index (χ4v) is 3.37. The highest BCUT2D eigenvalue weighted by molar-refractivity contribution is 5.71. The van der Waals surface area contributed by atoms with E-state index in [0.29, 0.717) is 5.92 Å². The lowest BCUT2D eigenvalue weighted by Gasteiger charge is -2.39. The zero-order valence-corrected chi connectivity index (χ0v) is 15.4. The Bertz CT molecular complexity index is 412. The van der Waals surface area contributed by atoms with Gasteiger partial charge in [-0.25, -0.2) is 4.79 Å². The minimum Gasteiger partial charge on any atom is -0.481 e. The molecule has 5 heteroatoms. The van der Waals surface area contributed by atoms with E-state index in [-0.39, 0.29) is 23.8 Å². The maximum atomic E-state index is 12.0. The van der Waals surface area contributed by atoms with Gasteiger partial charge in [-0.2, -0.15) is 0 Å². The molecular formula is C18H33NO4. The maximum Gasteiger partial charge on any atom is 0.407 e. The fraction of sp³-hybridized carbons (Fsp3) is 0.889. The van der Waals surface area contributed by atoms with E-state index in [1.165, 1.54) is 0 Å². The van der Waals surface area contributed by atoms with Gasteiger partial charge in [-0.05, 0) is 63.7 Å². The second-order valence-electron chi connectivity index (χ2n) is 8.83. The summed E-state index contributed by atoms with van der Waals surface area (Å²) in [5.74, 6) is -0.0213. The van der Waals surface area contributed by atoms with E-state index in [0.717, 1.165) is 25.7 Å². The summed E-state index contributed by atoms with van der Waals surface area (Å²) in [6.07, 6.45) is 3.50. The van der Waals surface area contributed by atoms with Crippen molar-refractivity contribution in [3.8, 4) is 0 Å². The molecule has 5 nitrogen and oxygen atoms in total. The number of aliphatic carboxylic acids is 1. The van der Waals surface area contributed by atoms with Gasteiger partial charge in [-0.1, -0.05) is 20.8 Å². The number of rotatable bonds is 4. The largest absolute Gasteiger partial charge is 0.481 e. The monoisotopic (exact) mass is 327 g/mol. The van der Waals surface area contributed by atoms with Gasteiger partial charge < -0.3 is 15.2 Å². The molecule has 1 atom stereocenters. The first-order chi connectivity index (χ1) is 10.4. The molecule has 1 fully saturated rings. The zero-order valence-electron chi connectivity index (χ0n) is 15.4. The average Bonchev–Trinajstić information content (AvgIpc) is 2.34. The summed E-state index contributed by atoms with van der Waals surface area (Å²) in [5.41, 5.74) is -0.298. The summed E-state index contributed by atoms with van der Waals surface area (Å²) in [4.78, 5) is 23.1. The van der Waals surface area contributed by atoms with Crippen molar-refractivity contribution < 1.29 is 19.4 Å². The van der Waals surface area contributed by atoms with Crippen molar-refractivity contribution in [2.24, 2.45) is 17.3 Å². The van der Waals surface area contributed by atoms with Crippen LogP contribution in [0.5, 0.6) is 0 Å². The first-order valence-corrected chi connectivity index (χ1v) is 8.60. The van der Waals surface area contributed by atoms with Gasteiger partial charge in [0.05, 0.1) is 6.42 Å². The molecule has 0 saturated heterocycles. The minimum absolute atomic E-state index is 0.0515. The Balaban J connectivity index is 2.65. The van der Waals surface area contributed by atoms with Crippen LogP contribution in [0.3, 0.4) is 0 Å². The summed E-state index contributed by atoms with van der Waals surface area (Å²) in [5, 5.41) is 11.9. The van der Waals surface area contributed by atoms with Crippen LogP contribution in [0.4, 0.5) is 4.79 Å². The number of hydrogen-bond donors (Lipinski definition) is 2. The SMILES string of the molecule is CC(C)(C)OC(=O)N[C@H](CC(=O)O)C1CCC(C(C)(C)C)CC1. The highest BCUT2D eigenvalue weighted by Gasteiger charge is 2.34. The second-order valence-corrected chi connectivity index (χ2v) is 8.83. The van der Waals surface area contributed by atoms with Crippen LogP contribution in [0.2, 0.25) is 0 Å². The molecule has 0 unspecified atom stereocenters. The first kappa shape index (κ1) is 19.8. The highest BCUT2D eigenvalue weighted by Crippen LogP contribution is 2.41. The molecule has 0 aromatic carbocycles. The van der Waals surface area contributed by atoms with Crippen LogP contribution in [0, 0.1) is 17.3 Å². The molecule has 1 amide bonds. The molecule has 1 rings (SSSR count).